The molecule has 1 atom stereocenters. The first-order chi connectivity index (χ1) is 11.3. The number of carbonyl (C=O) groups is 2. The maximum Gasteiger partial charge on any atom is 0.350 e. The Balaban J connectivity index is 2.74. The summed E-state index contributed by atoms with van der Waals surface area (Å²) in [6.45, 7) is 3.45. The molecule has 1 aromatic carbocycles. The highest BCUT2D eigenvalue weighted by atomic mass is 19.1. The van der Waals surface area contributed by atoms with Crippen LogP contribution in [0, 0.1) is 16.6 Å². The smallest absolute Gasteiger partial charge is 0.350 e. The van der Waals surface area contributed by atoms with Gasteiger partial charge in [0.15, 0.2) is 0 Å². The molecule has 0 saturated heterocycles. The zero-order valence-corrected chi connectivity index (χ0v) is 13.8. The summed E-state index contributed by atoms with van der Waals surface area (Å²) in [6, 6.07) is 5.31. The minimum absolute atomic E-state index is 0.0132. The fourth-order valence-corrected chi connectivity index (χ4v) is 1.94. The Morgan fingerprint density at radius 1 is 1.25 bits per heavy atom. The number of carboxylic acid groups (broad SMARTS) is 1. The van der Waals surface area contributed by atoms with Gasteiger partial charge in [-0.2, -0.15) is 0 Å². The zero-order chi connectivity index (χ0) is 18.2. The molecule has 0 aliphatic carbocycles. The zero-order valence-electron chi connectivity index (χ0n) is 13.8. The van der Waals surface area contributed by atoms with Crippen molar-refractivity contribution in [3.05, 3.63) is 30.1 Å². The van der Waals surface area contributed by atoms with Crippen LogP contribution in [0.3, 0.4) is 0 Å². The first-order valence-electron chi connectivity index (χ1n) is 7.69. The molecule has 0 heterocycles. The van der Waals surface area contributed by atoms with Crippen LogP contribution in [0.15, 0.2) is 24.3 Å². The number of halogens is 1. The first kappa shape index (κ1) is 19.6. The Labute approximate surface area is 140 Å². The second-order valence-corrected chi connectivity index (χ2v) is 5.55. The number of ether oxygens (including phenoxy) is 2. The molecule has 0 bridgehead atoms. The molecule has 7 heteroatoms. The predicted octanol–water partition coefficient (Wildman–Crippen LogP) is 3.05. The summed E-state index contributed by atoms with van der Waals surface area (Å²) in [7, 11) is 0. The maximum atomic E-state index is 12.8. The monoisotopic (exact) mass is 339 g/mol. The third-order valence-corrected chi connectivity index (χ3v) is 3.63. The van der Waals surface area contributed by atoms with Gasteiger partial charge in [0.1, 0.15) is 22.7 Å². The number of benzene rings is 1. The van der Waals surface area contributed by atoms with Gasteiger partial charge < -0.3 is 14.6 Å². The molecule has 132 valence electrons. The average molecular weight is 339 g/mol. The summed E-state index contributed by atoms with van der Waals surface area (Å²) in [5, 5.41) is 16.8. The summed E-state index contributed by atoms with van der Waals surface area (Å²) in [6.07, 6.45) is 1.45. The fourth-order valence-electron chi connectivity index (χ4n) is 1.94. The summed E-state index contributed by atoms with van der Waals surface area (Å²) in [5.41, 5.74) is -2.36. The molecule has 0 saturated carbocycles. The predicted molar refractivity (Wildman–Crippen MR) is 85.8 cm³/mol. The fraction of sp³-hybridized carbons (Fsp3) is 0.471. The Morgan fingerprint density at radius 3 is 2.42 bits per heavy atom. The van der Waals surface area contributed by atoms with E-state index in [0.29, 0.717) is 12.2 Å². The topological polar surface area (TPSA) is 96.7 Å². The maximum absolute atomic E-state index is 12.8. The van der Waals surface area contributed by atoms with E-state index in [4.69, 9.17) is 20.0 Å². The van der Waals surface area contributed by atoms with Gasteiger partial charge in [-0.25, -0.2) is 9.18 Å². The van der Waals surface area contributed by atoms with Crippen molar-refractivity contribution in [2.24, 2.45) is 5.41 Å². The molecule has 0 spiro atoms. The van der Waals surface area contributed by atoms with Crippen LogP contribution < -0.4 is 4.74 Å². The minimum Gasteiger partial charge on any atom is -0.494 e. The molecule has 0 fully saturated rings. The second-order valence-electron chi connectivity index (χ2n) is 5.55. The van der Waals surface area contributed by atoms with Crippen molar-refractivity contribution in [3.63, 3.8) is 0 Å². The van der Waals surface area contributed by atoms with Gasteiger partial charge in [0, 0.05) is 6.42 Å². The lowest BCUT2D eigenvalue weighted by Crippen LogP contribution is -2.42. The van der Waals surface area contributed by atoms with Crippen molar-refractivity contribution in [1.29, 1.82) is 5.41 Å². The lowest BCUT2D eigenvalue weighted by molar-refractivity contribution is -0.152. The lowest BCUT2D eigenvalue weighted by Gasteiger charge is -2.26. The highest BCUT2D eigenvalue weighted by Crippen LogP contribution is 2.26. The van der Waals surface area contributed by atoms with Gasteiger partial charge in [-0.3, -0.25) is 10.2 Å². The van der Waals surface area contributed by atoms with Crippen LogP contribution in [0.1, 0.15) is 33.1 Å². The van der Waals surface area contributed by atoms with E-state index in [-0.39, 0.29) is 19.6 Å². The number of carbonyl (C=O) groups excluding carboxylic acids is 1. The van der Waals surface area contributed by atoms with Crippen molar-refractivity contribution in [2.75, 3.05) is 13.2 Å². The van der Waals surface area contributed by atoms with Gasteiger partial charge in [0.05, 0.1) is 13.2 Å². The number of aliphatic carboxylic acids is 1. The van der Waals surface area contributed by atoms with Crippen LogP contribution in [-0.2, 0) is 14.3 Å². The second kappa shape index (κ2) is 9.00. The van der Waals surface area contributed by atoms with E-state index in [1.54, 1.807) is 0 Å². The summed E-state index contributed by atoms with van der Waals surface area (Å²) in [5.74, 6) is -2.25. The van der Waals surface area contributed by atoms with Crippen molar-refractivity contribution < 1.29 is 28.6 Å². The Bertz CT molecular complexity index is 587. The Kier molecular flexibility index (Phi) is 7.35. The molecule has 6 nitrogen and oxygen atoms in total. The largest absolute Gasteiger partial charge is 0.494 e. The van der Waals surface area contributed by atoms with Crippen LogP contribution in [0.4, 0.5) is 4.39 Å². The van der Waals surface area contributed by atoms with Crippen LogP contribution in [0.2, 0.25) is 0 Å². The number of nitrogens with one attached hydrogen (secondary N) is 1. The van der Waals surface area contributed by atoms with Gasteiger partial charge in [-0.15, -0.1) is 0 Å². The number of hydrogen-bond acceptors (Lipinski definition) is 5. The average Bonchev–Trinajstić information content (AvgIpc) is 2.55. The normalized spacial score (nSPS) is 13.0. The van der Waals surface area contributed by atoms with Gasteiger partial charge in [0.2, 0.25) is 0 Å². The molecule has 0 amide bonds. The summed E-state index contributed by atoms with van der Waals surface area (Å²) >= 11 is 0. The third-order valence-electron chi connectivity index (χ3n) is 3.63. The van der Waals surface area contributed by atoms with Gasteiger partial charge in [-0.05, 0) is 37.6 Å². The minimum atomic E-state index is -1.61. The highest BCUT2D eigenvalue weighted by molar-refractivity contribution is 6.40. The lowest BCUT2D eigenvalue weighted by atomic mass is 9.81. The number of hydrogen-bond donors (Lipinski definition) is 2. The van der Waals surface area contributed by atoms with E-state index in [2.05, 4.69) is 0 Å². The number of rotatable bonds is 10. The Hall–Kier alpha value is -2.44. The molecule has 0 aromatic heterocycles. The van der Waals surface area contributed by atoms with Crippen LogP contribution >= 0.6 is 0 Å². The van der Waals surface area contributed by atoms with E-state index in [1.807, 2.05) is 6.92 Å². The highest BCUT2D eigenvalue weighted by Gasteiger charge is 2.43. The van der Waals surface area contributed by atoms with Gasteiger partial charge in [0.25, 0.3) is 0 Å². The van der Waals surface area contributed by atoms with Crippen LogP contribution in [0.25, 0.3) is 0 Å². The van der Waals surface area contributed by atoms with Crippen LogP contribution in [0.5, 0.6) is 5.75 Å². The van der Waals surface area contributed by atoms with E-state index < -0.39 is 28.9 Å². The van der Waals surface area contributed by atoms with Crippen molar-refractivity contribution in [2.45, 2.75) is 33.1 Å². The van der Waals surface area contributed by atoms with E-state index in [1.165, 1.54) is 31.2 Å². The van der Waals surface area contributed by atoms with Crippen LogP contribution in [-0.4, -0.2) is 36.0 Å². The number of unbranched alkanes of at least 4 members (excludes halogenated alkanes) is 1. The Morgan fingerprint density at radius 2 is 1.88 bits per heavy atom. The third kappa shape index (κ3) is 5.33. The van der Waals surface area contributed by atoms with E-state index in [9.17, 15) is 14.0 Å². The standard InChI is InChI=1S/C17H22FNO5/c1-3-4-10-24-16(22)17(2,14(19)15(20)21)9-11-23-13-7-5-12(18)6-8-13/h5-8,19H,3-4,9-11H2,1-2H3,(H,20,21). The van der Waals surface area contributed by atoms with Gasteiger partial charge in [-0.1, -0.05) is 13.3 Å². The number of carboxylic acids is 1. The molecule has 1 aromatic rings. The first-order valence-corrected chi connectivity index (χ1v) is 7.69. The van der Waals surface area contributed by atoms with E-state index >= 15 is 0 Å². The number of esters is 1. The molecule has 1 unspecified atom stereocenters. The molecule has 1 rings (SSSR count). The summed E-state index contributed by atoms with van der Waals surface area (Å²) < 4.78 is 23.3. The van der Waals surface area contributed by atoms with Gasteiger partial charge >= 0.3 is 11.9 Å². The van der Waals surface area contributed by atoms with Crippen molar-refractivity contribution in [1.82, 2.24) is 0 Å². The molecule has 24 heavy (non-hydrogen) atoms. The van der Waals surface area contributed by atoms with E-state index in [0.717, 1.165) is 6.42 Å². The van der Waals surface area contributed by atoms with Crippen molar-refractivity contribution in [3.8, 4) is 5.75 Å². The molecule has 0 aliphatic heterocycles. The molecule has 2 N–H and O–H groups in total. The molecular weight excluding hydrogens is 317 g/mol. The molecule has 0 aliphatic rings. The quantitative estimate of drug-likeness (QED) is 0.388. The SMILES string of the molecule is CCCCOC(=O)C(C)(CCOc1ccc(F)cc1)C(=N)C(=O)O. The van der Waals surface area contributed by atoms with Crippen molar-refractivity contribution >= 4 is 17.7 Å². The molecule has 0 radical (unpaired) electrons. The summed E-state index contributed by atoms with van der Waals surface area (Å²) in [4.78, 5) is 23.4. The molecular formula is C17H22FNO5.